The van der Waals surface area contributed by atoms with Gasteiger partial charge >= 0.3 is 11.9 Å². The molecule has 2 amide bonds. The van der Waals surface area contributed by atoms with E-state index in [1.807, 2.05) is 11.8 Å². The minimum atomic E-state index is -4.03. The monoisotopic (exact) mass is 711 g/mol. The van der Waals surface area contributed by atoms with Gasteiger partial charge < -0.3 is 35.0 Å². The number of aliphatic hydroxyl groups is 2. The van der Waals surface area contributed by atoms with Crippen molar-refractivity contribution in [1.82, 2.24) is 14.1 Å². The van der Waals surface area contributed by atoms with Crippen LogP contribution in [0.5, 0.6) is 5.75 Å². The molecule has 1 aromatic carbocycles. The summed E-state index contributed by atoms with van der Waals surface area (Å²) in [6, 6.07) is 5.48. The summed E-state index contributed by atoms with van der Waals surface area (Å²) in [4.78, 5) is 50.9. The number of carboxylic acid groups (broad SMARTS) is 2. The van der Waals surface area contributed by atoms with Gasteiger partial charge in [0.25, 0.3) is 10.0 Å². The van der Waals surface area contributed by atoms with Crippen LogP contribution in [0.4, 0.5) is 0 Å². The van der Waals surface area contributed by atoms with E-state index in [1.165, 1.54) is 44.5 Å². The number of carbonyl (C=O) groups is 4. The van der Waals surface area contributed by atoms with Crippen molar-refractivity contribution in [3.05, 3.63) is 24.3 Å². The Bertz CT molecular complexity index is 1330. The van der Waals surface area contributed by atoms with Crippen LogP contribution in [-0.2, 0) is 29.2 Å². The summed E-state index contributed by atoms with van der Waals surface area (Å²) >= 11 is 0. The first-order chi connectivity index (χ1) is 23.3. The van der Waals surface area contributed by atoms with E-state index in [4.69, 9.17) is 25.2 Å². The van der Waals surface area contributed by atoms with Crippen LogP contribution >= 0.6 is 0 Å². The van der Waals surface area contributed by atoms with Crippen molar-refractivity contribution in [3.8, 4) is 5.75 Å². The fourth-order valence-electron chi connectivity index (χ4n) is 6.75. The predicted molar refractivity (Wildman–Crippen MR) is 179 cm³/mol. The van der Waals surface area contributed by atoms with Crippen molar-refractivity contribution in [2.24, 2.45) is 5.92 Å². The number of unbranched alkanes of at least 4 members (excludes halogenated alkanes) is 3. The van der Waals surface area contributed by atoms with E-state index in [0.717, 1.165) is 49.4 Å². The number of carbonyl (C=O) groups excluding carboxylic acids is 2. The molecule has 3 saturated heterocycles. The Morgan fingerprint density at radius 3 is 2.08 bits per heavy atom. The van der Waals surface area contributed by atoms with Gasteiger partial charge in [-0.1, -0.05) is 39.5 Å². The third kappa shape index (κ3) is 10.6. The molecular weight excluding hydrogens is 658 g/mol. The highest BCUT2D eigenvalue weighted by atomic mass is 32.2. The van der Waals surface area contributed by atoms with Crippen molar-refractivity contribution < 1.29 is 52.8 Å². The van der Waals surface area contributed by atoms with Crippen LogP contribution in [0.1, 0.15) is 90.9 Å². The van der Waals surface area contributed by atoms with Crippen molar-refractivity contribution in [2.45, 2.75) is 120 Å². The smallest absolute Gasteiger partial charge is 0.335 e. The van der Waals surface area contributed by atoms with E-state index in [0.29, 0.717) is 38.2 Å². The highest BCUT2D eigenvalue weighted by Crippen LogP contribution is 2.42. The second-order valence-electron chi connectivity index (χ2n) is 12.9. The van der Waals surface area contributed by atoms with Crippen LogP contribution in [0.2, 0.25) is 0 Å². The van der Waals surface area contributed by atoms with Crippen molar-refractivity contribution >= 4 is 33.8 Å². The van der Waals surface area contributed by atoms with Gasteiger partial charge in [-0.05, 0) is 88.8 Å². The average Bonchev–Trinajstić information content (AvgIpc) is 3.62. The van der Waals surface area contributed by atoms with Crippen LogP contribution in [0.25, 0.3) is 0 Å². The van der Waals surface area contributed by atoms with E-state index in [9.17, 15) is 27.6 Å². The van der Waals surface area contributed by atoms with Crippen LogP contribution in [0, 0.1) is 5.92 Å². The number of fused-ring (bicyclic) bond motifs is 1. The molecule has 15 heteroatoms. The molecule has 276 valence electrons. The normalized spacial score (nSPS) is 22.2. The number of benzene rings is 1. The average molecular weight is 712 g/mol. The number of aliphatic hydroxyl groups excluding tert-OH is 2. The molecule has 2 unspecified atom stereocenters. The fourth-order valence-corrected chi connectivity index (χ4v) is 8.41. The fraction of sp³-hybridized carbons (Fsp3) is 0.706. The molecule has 3 fully saturated rings. The minimum Gasteiger partial charge on any atom is -0.494 e. The number of hydrogen-bond acceptors (Lipinski definition) is 10. The molecule has 1 aromatic rings. The van der Waals surface area contributed by atoms with Gasteiger partial charge in [0, 0.05) is 13.0 Å². The van der Waals surface area contributed by atoms with Gasteiger partial charge in [0.1, 0.15) is 5.75 Å². The number of aliphatic carboxylic acids is 2. The quantitative estimate of drug-likeness (QED) is 0.172. The number of rotatable bonds is 17. The Balaban J connectivity index is 0.000000565. The number of sulfonamides is 1. The Morgan fingerprint density at radius 1 is 0.878 bits per heavy atom. The maximum atomic E-state index is 13.7. The number of amides is 2. The van der Waals surface area contributed by atoms with Crippen molar-refractivity contribution in [2.75, 3.05) is 32.8 Å². The third-order valence-electron chi connectivity index (χ3n) is 9.35. The molecule has 0 bridgehead atoms. The predicted octanol–water partition coefficient (Wildman–Crippen LogP) is 2.71. The maximum absolute atomic E-state index is 13.7. The van der Waals surface area contributed by atoms with Crippen LogP contribution in [0.3, 0.4) is 0 Å². The Labute approximate surface area is 289 Å². The first-order valence-electron chi connectivity index (χ1n) is 17.5. The molecule has 3 heterocycles. The summed E-state index contributed by atoms with van der Waals surface area (Å²) in [5, 5.41) is 32.5. The zero-order chi connectivity index (χ0) is 36.1. The van der Waals surface area contributed by atoms with Crippen LogP contribution in [-0.4, -0.2) is 124 Å². The third-order valence-corrected chi connectivity index (χ3v) is 11.2. The largest absolute Gasteiger partial charge is 0.494 e. The standard InChI is InChI=1S/C30H47N3O5S.C4H6O6/c1-3-5-23-38-24-14-16-25(17-15-24)39(36,37)33-27-18-22-32(29(27)26(12-4-2)30(33)35)28(34)13-8-6-9-19-31-20-10-7-11-21-31;5-1(3(7)8)2(6)4(9)10/h14-17,26-27,29H,3-13,18-23H2,1-2H3;1-2,5-6H,(H,7,8)(H,9,10)/t26-,27+,29-;/m1./s1. The second kappa shape index (κ2) is 19.2. The first-order valence-corrected chi connectivity index (χ1v) is 18.9. The van der Waals surface area contributed by atoms with E-state index in [1.54, 1.807) is 12.1 Å². The number of likely N-dealkylation sites (tertiary alicyclic amines) is 2. The van der Waals surface area contributed by atoms with Crippen molar-refractivity contribution in [3.63, 3.8) is 0 Å². The number of nitrogens with zero attached hydrogens (tertiary/aromatic N) is 3. The zero-order valence-corrected chi connectivity index (χ0v) is 29.4. The number of ether oxygens (including phenoxy) is 1. The lowest BCUT2D eigenvalue weighted by molar-refractivity contribution is -0.165. The van der Waals surface area contributed by atoms with E-state index >= 15 is 0 Å². The molecule has 0 spiro atoms. The summed E-state index contributed by atoms with van der Waals surface area (Å²) in [6.07, 6.45) is 6.58. The molecule has 0 radical (unpaired) electrons. The minimum absolute atomic E-state index is 0.0576. The Hall–Kier alpha value is -3.27. The molecule has 4 rings (SSSR count). The van der Waals surface area contributed by atoms with Gasteiger partial charge in [-0.2, -0.15) is 0 Å². The molecular formula is C34H53N3O11S. The summed E-state index contributed by atoms with van der Waals surface area (Å²) in [5.74, 6) is -3.71. The molecule has 49 heavy (non-hydrogen) atoms. The SMILES string of the molecule is CCCCOc1ccc(S(=O)(=O)N2C(=O)[C@H](CCC)[C@@H]3[C@@H]2CCN3C(=O)CCCCCN2CCCCC2)cc1.O=C(O)C(O)C(O)C(=O)O. The lowest BCUT2D eigenvalue weighted by atomic mass is 9.94. The van der Waals surface area contributed by atoms with Crippen LogP contribution < -0.4 is 4.74 Å². The van der Waals surface area contributed by atoms with Crippen molar-refractivity contribution in [1.29, 1.82) is 0 Å². The first kappa shape index (κ1) is 40.2. The van der Waals surface area contributed by atoms with Gasteiger partial charge in [0.15, 0.2) is 12.2 Å². The summed E-state index contributed by atoms with van der Waals surface area (Å²) in [6.45, 7) is 8.66. The van der Waals surface area contributed by atoms with E-state index in [2.05, 4.69) is 11.8 Å². The molecule has 3 aliphatic rings. The molecule has 14 nitrogen and oxygen atoms in total. The molecule has 5 atom stereocenters. The number of carboxylic acids is 2. The van der Waals surface area contributed by atoms with E-state index < -0.39 is 46.1 Å². The molecule has 4 N–H and O–H groups in total. The topological polar surface area (TPSA) is 202 Å². The lowest BCUT2D eigenvalue weighted by Crippen LogP contribution is -2.43. The molecule has 3 aliphatic heterocycles. The highest BCUT2D eigenvalue weighted by molar-refractivity contribution is 7.89. The van der Waals surface area contributed by atoms with Gasteiger partial charge in [-0.3, -0.25) is 9.59 Å². The molecule has 0 aliphatic carbocycles. The molecule has 0 aromatic heterocycles. The Morgan fingerprint density at radius 2 is 1.51 bits per heavy atom. The summed E-state index contributed by atoms with van der Waals surface area (Å²) in [5.41, 5.74) is 0. The molecule has 0 saturated carbocycles. The van der Waals surface area contributed by atoms with E-state index in [-0.39, 0.29) is 22.8 Å². The maximum Gasteiger partial charge on any atom is 0.335 e. The number of piperidine rings is 1. The van der Waals surface area contributed by atoms with Gasteiger partial charge in [-0.25, -0.2) is 22.3 Å². The van der Waals surface area contributed by atoms with Crippen LogP contribution in [0.15, 0.2) is 29.2 Å². The lowest BCUT2D eigenvalue weighted by Gasteiger charge is -2.28. The summed E-state index contributed by atoms with van der Waals surface area (Å²) in [7, 11) is -4.03. The number of hydrogen-bond donors (Lipinski definition) is 4. The summed E-state index contributed by atoms with van der Waals surface area (Å²) < 4.78 is 34.2. The highest BCUT2D eigenvalue weighted by Gasteiger charge is 2.58. The van der Waals surface area contributed by atoms with Gasteiger partial charge in [-0.15, -0.1) is 0 Å². The second-order valence-corrected chi connectivity index (χ2v) is 14.7. The Kier molecular flexibility index (Phi) is 15.7. The van der Waals surface area contributed by atoms with Gasteiger partial charge in [0.05, 0.1) is 29.5 Å². The zero-order valence-electron chi connectivity index (χ0n) is 28.6. The van der Waals surface area contributed by atoms with Gasteiger partial charge in [0.2, 0.25) is 11.8 Å².